The number of rotatable bonds is 5. The number of anilines is 2. The topological polar surface area (TPSA) is 76.7 Å². The Morgan fingerprint density at radius 3 is 2.71 bits per heavy atom. The quantitative estimate of drug-likeness (QED) is 0.883. The summed E-state index contributed by atoms with van der Waals surface area (Å²) in [5, 5.41) is 3.35. The maximum absolute atomic E-state index is 5.98. The highest BCUT2D eigenvalue weighted by Crippen LogP contribution is 2.21. The van der Waals surface area contributed by atoms with Crippen molar-refractivity contribution in [3.63, 3.8) is 0 Å². The largest absolute Gasteiger partial charge is 0.383 e. The zero-order valence-electron chi connectivity index (χ0n) is 13.1. The van der Waals surface area contributed by atoms with Crippen molar-refractivity contribution in [3.05, 3.63) is 41.0 Å². The van der Waals surface area contributed by atoms with Gasteiger partial charge >= 0.3 is 0 Å². The third-order valence-corrected chi connectivity index (χ3v) is 3.51. The lowest BCUT2D eigenvalue weighted by Crippen LogP contribution is -2.12. The van der Waals surface area contributed by atoms with Crippen LogP contribution < -0.4 is 11.1 Å². The molecule has 0 atom stereocenters. The van der Waals surface area contributed by atoms with Crippen LogP contribution in [0.1, 0.15) is 49.3 Å². The minimum Gasteiger partial charge on any atom is -0.383 e. The first-order valence-corrected chi connectivity index (χ1v) is 7.33. The van der Waals surface area contributed by atoms with Gasteiger partial charge in [0.15, 0.2) is 0 Å². The van der Waals surface area contributed by atoms with Gasteiger partial charge in [0.1, 0.15) is 17.5 Å². The molecular formula is C16H23N5. The van der Waals surface area contributed by atoms with E-state index in [0.29, 0.717) is 12.4 Å². The molecule has 112 valence electrons. The molecule has 0 aliphatic heterocycles. The van der Waals surface area contributed by atoms with E-state index in [-0.39, 0.29) is 5.92 Å². The molecule has 0 radical (unpaired) electrons. The number of nitrogens with one attached hydrogen (secondary N) is 1. The highest BCUT2D eigenvalue weighted by atomic mass is 15.1. The predicted molar refractivity (Wildman–Crippen MR) is 86.2 cm³/mol. The van der Waals surface area contributed by atoms with Gasteiger partial charge in [-0.25, -0.2) is 9.97 Å². The van der Waals surface area contributed by atoms with Crippen molar-refractivity contribution in [2.45, 2.75) is 46.6 Å². The standard InChI is InChI=1S/C16H23N5/c1-5-12-7-6-8-18-13(12)9-19-16-11(4)14(17)20-15(21-16)10(2)3/h6-8,10H,5,9H2,1-4H3,(H3,17,19,20,21). The average molecular weight is 285 g/mol. The van der Waals surface area contributed by atoms with Crippen LogP contribution in [0.5, 0.6) is 0 Å². The number of pyridine rings is 1. The molecule has 0 bridgehead atoms. The number of hydrogen-bond acceptors (Lipinski definition) is 5. The zero-order valence-corrected chi connectivity index (χ0v) is 13.1. The van der Waals surface area contributed by atoms with Crippen molar-refractivity contribution in [3.8, 4) is 0 Å². The first-order chi connectivity index (χ1) is 10.0. The summed E-state index contributed by atoms with van der Waals surface area (Å²) in [6, 6.07) is 4.07. The van der Waals surface area contributed by atoms with Gasteiger partial charge in [-0.15, -0.1) is 0 Å². The number of hydrogen-bond donors (Lipinski definition) is 2. The van der Waals surface area contributed by atoms with Gasteiger partial charge in [0, 0.05) is 17.7 Å². The molecule has 3 N–H and O–H groups in total. The van der Waals surface area contributed by atoms with E-state index in [1.165, 1.54) is 5.56 Å². The smallest absolute Gasteiger partial charge is 0.135 e. The van der Waals surface area contributed by atoms with Gasteiger partial charge < -0.3 is 11.1 Å². The third-order valence-electron chi connectivity index (χ3n) is 3.51. The van der Waals surface area contributed by atoms with E-state index >= 15 is 0 Å². The molecule has 0 fully saturated rings. The fourth-order valence-corrected chi connectivity index (χ4v) is 2.10. The predicted octanol–water partition coefficient (Wildman–Crippen LogP) is 3.06. The fraction of sp³-hybridized carbons (Fsp3) is 0.438. The Labute approximate surface area is 126 Å². The van der Waals surface area contributed by atoms with Crippen molar-refractivity contribution in [2.75, 3.05) is 11.1 Å². The molecule has 0 saturated heterocycles. The summed E-state index contributed by atoms with van der Waals surface area (Å²) in [6.45, 7) is 8.81. The molecular weight excluding hydrogens is 262 g/mol. The number of nitrogens with two attached hydrogens (primary N) is 1. The lowest BCUT2D eigenvalue weighted by atomic mass is 10.1. The minimum absolute atomic E-state index is 0.245. The molecule has 0 amide bonds. The summed E-state index contributed by atoms with van der Waals surface area (Å²) in [6.07, 6.45) is 2.78. The molecule has 0 aromatic carbocycles. The number of nitrogen functional groups attached to an aromatic ring is 1. The first-order valence-electron chi connectivity index (χ1n) is 7.33. The van der Waals surface area contributed by atoms with Crippen molar-refractivity contribution in [1.82, 2.24) is 15.0 Å². The second-order valence-electron chi connectivity index (χ2n) is 5.41. The van der Waals surface area contributed by atoms with Gasteiger partial charge in [-0.1, -0.05) is 26.8 Å². The van der Waals surface area contributed by atoms with Gasteiger partial charge in [0.2, 0.25) is 0 Å². The normalized spacial score (nSPS) is 10.9. The van der Waals surface area contributed by atoms with Crippen LogP contribution in [0.15, 0.2) is 18.3 Å². The highest BCUT2D eigenvalue weighted by Gasteiger charge is 2.11. The second kappa shape index (κ2) is 6.52. The van der Waals surface area contributed by atoms with Crippen LogP contribution in [0.25, 0.3) is 0 Å². The van der Waals surface area contributed by atoms with Crippen molar-refractivity contribution >= 4 is 11.6 Å². The van der Waals surface area contributed by atoms with E-state index in [0.717, 1.165) is 29.3 Å². The Bertz CT molecular complexity index is 622. The zero-order chi connectivity index (χ0) is 15.4. The Morgan fingerprint density at radius 2 is 2.05 bits per heavy atom. The summed E-state index contributed by atoms with van der Waals surface area (Å²) >= 11 is 0. The van der Waals surface area contributed by atoms with Gasteiger partial charge in [-0.3, -0.25) is 4.98 Å². The lowest BCUT2D eigenvalue weighted by Gasteiger charge is -2.14. The Balaban J connectivity index is 2.23. The van der Waals surface area contributed by atoms with E-state index in [4.69, 9.17) is 5.73 Å². The number of nitrogens with zero attached hydrogens (tertiary/aromatic N) is 3. The van der Waals surface area contributed by atoms with Crippen LogP contribution >= 0.6 is 0 Å². The van der Waals surface area contributed by atoms with Crippen LogP contribution in [-0.2, 0) is 13.0 Å². The minimum atomic E-state index is 0.245. The molecule has 5 nitrogen and oxygen atoms in total. The molecule has 0 aliphatic carbocycles. The molecule has 2 aromatic heterocycles. The van der Waals surface area contributed by atoms with Crippen LogP contribution in [0.3, 0.4) is 0 Å². The van der Waals surface area contributed by atoms with E-state index in [9.17, 15) is 0 Å². The summed E-state index contributed by atoms with van der Waals surface area (Å²) in [5.74, 6) is 2.33. The first kappa shape index (κ1) is 15.2. The molecule has 0 spiro atoms. The summed E-state index contributed by atoms with van der Waals surface area (Å²) in [7, 11) is 0. The summed E-state index contributed by atoms with van der Waals surface area (Å²) in [4.78, 5) is 13.3. The molecule has 2 heterocycles. The monoisotopic (exact) mass is 285 g/mol. The Hall–Kier alpha value is -2.17. The third kappa shape index (κ3) is 3.48. The van der Waals surface area contributed by atoms with Crippen molar-refractivity contribution in [1.29, 1.82) is 0 Å². The van der Waals surface area contributed by atoms with Crippen LogP contribution in [0.4, 0.5) is 11.6 Å². The van der Waals surface area contributed by atoms with E-state index in [2.05, 4.69) is 47.1 Å². The van der Waals surface area contributed by atoms with Crippen LogP contribution in [0.2, 0.25) is 0 Å². The van der Waals surface area contributed by atoms with E-state index in [1.54, 1.807) is 0 Å². The van der Waals surface area contributed by atoms with E-state index in [1.807, 2.05) is 19.2 Å². The van der Waals surface area contributed by atoms with Crippen LogP contribution in [-0.4, -0.2) is 15.0 Å². The van der Waals surface area contributed by atoms with Gasteiger partial charge in [0.05, 0.1) is 12.2 Å². The molecule has 0 unspecified atom stereocenters. The average Bonchev–Trinajstić information content (AvgIpc) is 2.48. The maximum atomic E-state index is 5.98. The number of aryl methyl sites for hydroxylation is 1. The Morgan fingerprint density at radius 1 is 1.29 bits per heavy atom. The van der Waals surface area contributed by atoms with Gasteiger partial charge in [-0.2, -0.15) is 0 Å². The van der Waals surface area contributed by atoms with Crippen molar-refractivity contribution < 1.29 is 0 Å². The second-order valence-corrected chi connectivity index (χ2v) is 5.41. The van der Waals surface area contributed by atoms with Crippen LogP contribution in [0, 0.1) is 6.92 Å². The lowest BCUT2D eigenvalue weighted by molar-refractivity contribution is 0.773. The SMILES string of the molecule is CCc1cccnc1CNc1nc(C(C)C)nc(N)c1C. The highest BCUT2D eigenvalue weighted by molar-refractivity contribution is 5.55. The van der Waals surface area contributed by atoms with Gasteiger partial charge in [0.25, 0.3) is 0 Å². The molecule has 2 aromatic rings. The summed E-state index contributed by atoms with van der Waals surface area (Å²) < 4.78 is 0. The maximum Gasteiger partial charge on any atom is 0.135 e. The van der Waals surface area contributed by atoms with E-state index < -0.39 is 0 Å². The van der Waals surface area contributed by atoms with Gasteiger partial charge in [-0.05, 0) is 25.0 Å². The molecule has 2 rings (SSSR count). The summed E-state index contributed by atoms with van der Waals surface area (Å²) in [5.41, 5.74) is 9.15. The Kier molecular flexibility index (Phi) is 4.73. The molecule has 0 aliphatic rings. The molecule has 5 heteroatoms. The molecule has 21 heavy (non-hydrogen) atoms. The molecule has 0 saturated carbocycles. The number of aromatic nitrogens is 3. The fourth-order valence-electron chi connectivity index (χ4n) is 2.10. The van der Waals surface area contributed by atoms with Crippen molar-refractivity contribution in [2.24, 2.45) is 0 Å².